The quantitative estimate of drug-likeness (QED) is 0.311. The van der Waals surface area contributed by atoms with Gasteiger partial charge in [0.05, 0.1) is 6.20 Å². The van der Waals surface area contributed by atoms with E-state index in [-0.39, 0.29) is 18.6 Å². The number of aromatic nitrogens is 2. The zero-order valence-corrected chi connectivity index (χ0v) is 23.9. The minimum absolute atomic E-state index is 0.102. The van der Waals surface area contributed by atoms with Crippen LogP contribution in [-0.2, 0) is 22.5 Å². The Morgan fingerprint density at radius 2 is 1.62 bits per heavy atom. The molecule has 0 saturated heterocycles. The molecule has 0 fully saturated rings. The number of hydrogen-bond donors (Lipinski definition) is 0. The predicted octanol–water partition coefficient (Wildman–Crippen LogP) is 7.42. The van der Waals surface area contributed by atoms with Crippen molar-refractivity contribution < 1.29 is 28.2 Å². The average Bonchev–Trinajstić information content (AvgIpc) is 2.80. The molecule has 0 aliphatic rings. The molecule has 0 atom stereocenters. The van der Waals surface area contributed by atoms with Gasteiger partial charge in [-0.2, -0.15) is 4.90 Å². The van der Waals surface area contributed by atoms with Crippen molar-refractivity contribution in [1.29, 1.82) is 0 Å². The number of halogens is 2. The Labute approximate surface area is 233 Å². The highest BCUT2D eigenvalue weighted by molar-refractivity contribution is 6.30. The topological polar surface area (TPSA) is 90.9 Å². The Morgan fingerprint density at radius 1 is 0.974 bits per heavy atom. The number of nitrogens with zero attached hydrogens (tertiary/aromatic N) is 3. The molecule has 0 aliphatic carbocycles. The van der Waals surface area contributed by atoms with Crippen molar-refractivity contribution in [3.05, 3.63) is 82.0 Å². The number of amides is 2. The molecule has 1 aromatic carbocycles. The second-order valence-electron chi connectivity index (χ2n) is 10.9. The van der Waals surface area contributed by atoms with Crippen LogP contribution in [0.1, 0.15) is 63.8 Å². The highest BCUT2D eigenvalue weighted by Crippen LogP contribution is 2.28. The maximum Gasteiger partial charge on any atom is 0.425 e. The summed E-state index contributed by atoms with van der Waals surface area (Å²) in [7, 11) is 0. The van der Waals surface area contributed by atoms with E-state index in [2.05, 4.69) is 9.97 Å². The van der Waals surface area contributed by atoms with E-state index < -0.39 is 35.0 Å². The zero-order chi connectivity index (χ0) is 29.0. The first-order chi connectivity index (χ1) is 18.1. The Bertz CT molecular complexity index is 1320. The molecule has 208 valence electrons. The van der Waals surface area contributed by atoms with Crippen LogP contribution in [0.3, 0.4) is 0 Å². The predicted molar refractivity (Wildman–Crippen MR) is 147 cm³/mol. The minimum atomic E-state index is -1.10. The molecular formula is C29H33ClFN3O5. The van der Waals surface area contributed by atoms with Gasteiger partial charge < -0.3 is 14.2 Å². The molecule has 3 rings (SSSR count). The van der Waals surface area contributed by atoms with Gasteiger partial charge in [0.15, 0.2) is 11.6 Å². The van der Waals surface area contributed by atoms with Crippen LogP contribution in [0.2, 0.25) is 5.02 Å². The largest absolute Gasteiger partial charge is 0.487 e. The standard InChI is InChI=1S/C29H33ClFN3O5/c1-18-21(15-32-16-23(18)37-17-19-9-8-10-22(30)13-19)14-20-11-12-33-25(24(20)31)34(26(35)38-28(2,3)4)27(36)39-29(5,6)7/h8-13,15-16H,14,17H2,1-7H3. The first-order valence-electron chi connectivity index (χ1n) is 12.3. The van der Waals surface area contributed by atoms with E-state index in [1.165, 1.54) is 12.3 Å². The lowest BCUT2D eigenvalue weighted by Gasteiger charge is -2.28. The van der Waals surface area contributed by atoms with Gasteiger partial charge in [0.2, 0.25) is 0 Å². The van der Waals surface area contributed by atoms with E-state index in [0.29, 0.717) is 21.2 Å². The Morgan fingerprint density at radius 3 is 2.21 bits per heavy atom. The Hall–Kier alpha value is -3.72. The van der Waals surface area contributed by atoms with Crippen molar-refractivity contribution >= 4 is 29.6 Å². The average molecular weight is 558 g/mol. The highest BCUT2D eigenvalue weighted by Gasteiger charge is 2.36. The molecule has 0 N–H and O–H groups in total. The van der Waals surface area contributed by atoms with Crippen LogP contribution in [0.25, 0.3) is 0 Å². The number of ether oxygens (including phenoxy) is 3. The van der Waals surface area contributed by atoms with Crippen LogP contribution in [0.5, 0.6) is 5.75 Å². The highest BCUT2D eigenvalue weighted by atomic mass is 35.5. The van der Waals surface area contributed by atoms with Crippen LogP contribution in [0.4, 0.5) is 19.8 Å². The van der Waals surface area contributed by atoms with Crippen LogP contribution >= 0.6 is 11.6 Å². The number of rotatable bonds is 6. The number of hydrogen-bond acceptors (Lipinski definition) is 7. The third-order valence-corrected chi connectivity index (χ3v) is 5.49. The molecule has 0 radical (unpaired) electrons. The van der Waals surface area contributed by atoms with Crippen LogP contribution in [0, 0.1) is 12.7 Å². The first-order valence-corrected chi connectivity index (χ1v) is 12.7. The number of imide groups is 1. The van der Waals surface area contributed by atoms with E-state index in [4.69, 9.17) is 25.8 Å². The third-order valence-electron chi connectivity index (χ3n) is 5.25. The minimum Gasteiger partial charge on any atom is -0.487 e. The van der Waals surface area contributed by atoms with Crippen molar-refractivity contribution in [2.24, 2.45) is 0 Å². The summed E-state index contributed by atoms with van der Waals surface area (Å²) in [6.07, 6.45) is 2.41. The van der Waals surface area contributed by atoms with Crippen molar-refractivity contribution in [3.8, 4) is 5.75 Å². The number of carbonyl (C=O) groups excluding carboxylic acids is 2. The fourth-order valence-corrected chi connectivity index (χ4v) is 3.70. The smallest absolute Gasteiger partial charge is 0.425 e. The summed E-state index contributed by atoms with van der Waals surface area (Å²) in [5.41, 5.74) is 0.645. The maximum atomic E-state index is 15.9. The van der Waals surface area contributed by atoms with Gasteiger partial charge in [-0.25, -0.2) is 19.0 Å². The zero-order valence-electron chi connectivity index (χ0n) is 23.2. The van der Waals surface area contributed by atoms with Gasteiger partial charge >= 0.3 is 12.2 Å². The normalized spacial score (nSPS) is 11.6. The number of pyridine rings is 2. The molecule has 0 aliphatic heterocycles. The molecule has 10 heteroatoms. The Balaban J connectivity index is 1.91. The van der Waals surface area contributed by atoms with Crippen LogP contribution < -0.4 is 9.64 Å². The second-order valence-corrected chi connectivity index (χ2v) is 11.4. The summed E-state index contributed by atoms with van der Waals surface area (Å²) in [5, 5.41) is 0.607. The lowest BCUT2D eigenvalue weighted by Crippen LogP contribution is -2.44. The summed E-state index contributed by atoms with van der Waals surface area (Å²) in [4.78, 5) is 34.7. The fourth-order valence-electron chi connectivity index (χ4n) is 3.49. The molecule has 8 nitrogen and oxygen atoms in total. The molecule has 0 bridgehead atoms. The summed E-state index contributed by atoms with van der Waals surface area (Å²) in [6, 6.07) is 8.80. The van der Waals surface area contributed by atoms with Crippen molar-refractivity contribution in [2.75, 3.05) is 4.90 Å². The molecule has 2 heterocycles. The van der Waals surface area contributed by atoms with Gasteiger partial charge in [-0.1, -0.05) is 23.7 Å². The van der Waals surface area contributed by atoms with Crippen LogP contribution in [0.15, 0.2) is 48.9 Å². The SMILES string of the molecule is Cc1c(Cc2ccnc(N(C(=O)OC(C)(C)C)C(=O)OC(C)(C)C)c2F)cncc1OCc1cccc(Cl)c1. The van der Waals surface area contributed by atoms with Crippen molar-refractivity contribution in [1.82, 2.24) is 9.97 Å². The number of anilines is 1. The van der Waals surface area contributed by atoms with Crippen molar-refractivity contribution in [2.45, 2.75) is 72.7 Å². The molecule has 2 amide bonds. The summed E-state index contributed by atoms with van der Waals surface area (Å²) < 4.78 is 32.5. The van der Waals surface area contributed by atoms with Gasteiger partial charge in [-0.3, -0.25) is 4.98 Å². The van der Waals surface area contributed by atoms with Gasteiger partial charge in [0, 0.05) is 23.8 Å². The monoisotopic (exact) mass is 557 g/mol. The molecular weight excluding hydrogens is 525 g/mol. The van der Waals surface area contributed by atoms with Gasteiger partial charge in [-0.05, 0) is 88.9 Å². The maximum absolute atomic E-state index is 15.9. The summed E-state index contributed by atoms with van der Waals surface area (Å²) >= 11 is 6.06. The molecule has 0 unspecified atom stereocenters. The summed E-state index contributed by atoms with van der Waals surface area (Å²) in [5.74, 6) is -0.847. The molecule has 2 aromatic heterocycles. The molecule has 0 saturated carbocycles. The van der Waals surface area contributed by atoms with E-state index in [1.807, 2.05) is 25.1 Å². The lowest BCUT2D eigenvalue weighted by molar-refractivity contribution is 0.0427. The van der Waals surface area contributed by atoms with E-state index >= 15 is 4.39 Å². The van der Waals surface area contributed by atoms with E-state index in [1.54, 1.807) is 60.0 Å². The third kappa shape index (κ3) is 8.38. The Kier molecular flexibility index (Phi) is 9.17. The van der Waals surface area contributed by atoms with Gasteiger partial charge in [0.25, 0.3) is 0 Å². The van der Waals surface area contributed by atoms with Gasteiger partial charge in [0.1, 0.15) is 23.6 Å². The second kappa shape index (κ2) is 12.0. The van der Waals surface area contributed by atoms with Crippen molar-refractivity contribution in [3.63, 3.8) is 0 Å². The molecule has 0 spiro atoms. The van der Waals surface area contributed by atoms with E-state index in [0.717, 1.165) is 11.1 Å². The summed E-state index contributed by atoms with van der Waals surface area (Å²) in [6.45, 7) is 11.9. The first kappa shape index (κ1) is 29.8. The number of carbonyl (C=O) groups is 2. The number of benzene rings is 1. The molecule has 3 aromatic rings. The van der Waals surface area contributed by atoms with Gasteiger partial charge in [-0.15, -0.1) is 0 Å². The fraction of sp³-hybridized carbons (Fsp3) is 0.379. The molecule has 39 heavy (non-hydrogen) atoms. The van der Waals surface area contributed by atoms with E-state index in [9.17, 15) is 9.59 Å². The van der Waals surface area contributed by atoms with Crippen LogP contribution in [-0.4, -0.2) is 33.4 Å². The lowest BCUT2D eigenvalue weighted by atomic mass is 10.0.